The van der Waals surface area contributed by atoms with Crippen LogP contribution in [0.25, 0.3) is 5.69 Å². The second-order valence-electron chi connectivity index (χ2n) is 6.65. The van der Waals surface area contributed by atoms with Crippen molar-refractivity contribution in [3.05, 3.63) is 82.6 Å². The summed E-state index contributed by atoms with van der Waals surface area (Å²) in [6.45, 7) is 2.24. The Hall–Kier alpha value is -2.80. The highest BCUT2D eigenvalue weighted by molar-refractivity contribution is 6.30. The summed E-state index contributed by atoms with van der Waals surface area (Å²) >= 11 is 5.88. The highest BCUT2D eigenvalue weighted by Gasteiger charge is 2.40. The van der Waals surface area contributed by atoms with Crippen molar-refractivity contribution in [2.24, 2.45) is 0 Å². The van der Waals surface area contributed by atoms with Crippen molar-refractivity contribution in [3.63, 3.8) is 0 Å². The number of amides is 1. The SMILES string of the molecule is CC(CCNC(=O)c1cnn(-c2cccc(Cl)c2)c1C(F)(F)F)c1ccccc1. The van der Waals surface area contributed by atoms with Gasteiger partial charge < -0.3 is 5.32 Å². The second kappa shape index (κ2) is 8.69. The van der Waals surface area contributed by atoms with E-state index in [2.05, 4.69) is 10.4 Å². The molecule has 1 unspecified atom stereocenters. The summed E-state index contributed by atoms with van der Waals surface area (Å²) in [7, 11) is 0. The first-order chi connectivity index (χ1) is 13.8. The van der Waals surface area contributed by atoms with E-state index in [1.54, 1.807) is 6.07 Å². The van der Waals surface area contributed by atoms with Gasteiger partial charge in [0, 0.05) is 11.6 Å². The van der Waals surface area contributed by atoms with Gasteiger partial charge in [0.2, 0.25) is 0 Å². The van der Waals surface area contributed by atoms with Gasteiger partial charge in [-0.2, -0.15) is 18.3 Å². The van der Waals surface area contributed by atoms with Crippen molar-refractivity contribution in [2.45, 2.75) is 25.4 Å². The van der Waals surface area contributed by atoms with Gasteiger partial charge in [0.15, 0.2) is 5.69 Å². The van der Waals surface area contributed by atoms with Gasteiger partial charge in [0.25, 0.3) is 5.91 Å². The molecular formula is C21H19ClF3N3O. The van der Waals surface area contributed by atoms with Crippen LogP contribution in [0.2, 0.25) is 5.02 Å². The Morgan fingerprint density at radius 3 is 2.55 bits per heavy atom. The number of carbonyl (C=O) groups excluding carboxylic acids is 1. The third kappa shape index (κ3) is 4.98. The van der Waals surface area contributed by atoms with Crippen LogP contribution in [0.3, 0.4) is 0 Å². The predicted octanol–water partition coefficient (Wildman–Crippen LogP) is 5.47. The number of carbonyl (C=O) groups is 1. The molecular weight excluding hydrogens is 403 g/mol. The molecule has 0 spiro atoms. The van der Waals surface area contributed by atoms with Crippen LogP contribution in [0, 0.1) is 0 Å². The molecule has 0 aliphatic carbocycles. The first-order valence-electron chi connectivity index (χ1n) is 9.01. The molecule has 1 aromatic heterocycles. The number of aromatic nitrogens is 2. The van der Waals surface area contributed by atoms with Crippen molar-refractivity contribution in [3.8, 4) is 5.69 Å². The van der Waals surface area contributed by atoms with Crippen molar-refractivity contribution in [2.75, 3.05) is 6.54 Å². The topological polar surface area (TPSA) is 46.9 Å². The van der Waals surface area contributed by atoms with E-state index in [1.165, 1.54) is 18.2 Å². The van der Waals surface area contributed by atoms with E-state index in [4.69, 9.17) is 11.6 Å². The molecule has 0 aliphatic rings. The standard InChI is InChI=1S/C21H19ClF3N3O/c1-14(15-6-3-2-4-7-15)10-11-26-20(29)18-13-27-28(19(18)21(23,24)25)17-9-5-8-16(22)12-17/h2-9,12-14H,10-11H2,1H3,(H,26,29). The van der Waals surface area contributed by atoms with Crippen LogP contribution in [0.4, 0.5) is 13.2 Å². The van der Waals surface area contributed by atoms with Crippen LogP contribution in [-0.4, -0.2) is 22.2 Å². The largest absolute Gasteiger partial charge is 0.434 e. The van der Waals surface area contributed by atoms with Crippen LogP contribution in [0.1, 0.15) is 40.9 Å². The van der Waals surface area contributed by atoms with Crippen molar-refractivity contribution >= 4 is 17.5 Å². The summed E-state index contributed by atoms with van der Waals surface area (Å²) in [6, 6.07) is 15.6. The summed E-state index contributed by atoms with van der Waals surface area (Å²) in [6.07, 6.45) is -3.23. The van der Waals surface area contributed by atoms with Gasteiger partial charge in [-0.1, -0.05) is 54.9 Å². The van der Waals surface area contributed by atoms with E-state index in [-0.39, 0.29) is 23.2 Å². The number of nitrogens with one attached hydrogen (secondary N) is 1. The summed E-state index contributed by atoms with van der Waals surface area (Å²) in [5.74, 6) is -0.654. The summed E-state index contributed by atoms with van der Waals surface area (Å²) in [4.78, 5) is 12.5. The van der Waals surface area contributed by atoms with Crippen molar-refractivity contribution < 1.29 is 18.0 Å². The number of halogens is 4. The van der Waals surface area contributed by atoms with Crippen LogP contribution < -0.4 is 5.32 Å². The smallest absolute Gasteiger partial charge is 0.352 e. The molecule has 0 fully saturated rings. The molecule has 8 heteroatoms. The quantitative estimate of drug-likeness (QED) is 0.573. The van der Waals surface area contributed by atoms with E-state index < -0.39 is 23.3 Å². The van der Waals surface area contributed by atoms with Crippen molar-refractivity contribution in [1.29, 1.82) is 0 Å². The molecule has 0 aliphatic heterocycles. The molecule has 3 aromatic rings. The Morgan fingerprint density at radius 1 is 1.17 bits per heavy atom. The number of rotatable bonds is 6. The molecule has 1 N–H and O–H groups in total. The Morgan fingerprint density at radius 2 is 1.90 bits per heavy atom. The van der Waals surface area contributed by atoms with Gasteiger partial charge in [-0.05, 0) is 36.1 Å². The zero-order valence-corrected chi connectivity index (χ0v) is 16.3. The summed E-state index contributed by atoms with van der Waals surface area (Å²) in [5, 5.41) is 6.62. The summed E-state index contributed by atoms with van der Waals surface area (Å²) < 4.78 is 41.7. The van der Waals surface area contributed by atoms with Crippen molar-refractivity contribution in [1.82, 2.24) is 15.1 Å². The number of nitrogens with zero attached hydrogens (tertiary/aromatic N) is 2. The van der Waals surface area contributed by atoms with E-state index >= 15 is 0 Å². The molecule has 1 amide bonds. The lowest BCUT2D eigenvalue weighted by molar-refractivity contribution is -0.143. The minimum absolute atomic E-state index is 0.126. The third-order valence-electron chi connectivity index (χ3n) is 4.57. The van der Waals surface area contributed by atoms with Gasteiger partial charge in [0.1, 0.15) is 0 Å². The first kappa shape index (κ1) is 20.9. The average Bonchev–Trinajstić information content (AvgIpc) is 3.14. The fourth-order valence-electron chi connectivity index (χ4n) is 3.04. The molecule has 3 rings (SSSR count). The highest BCUT2D eigenvalue weighted by atomic mass is 35.5. The van der Waals surface area contributed by atoms with Crippen LogP contribution in [-0.2, 0) is 6.18 Å². The Kier molecular flexibility index (Phi) is 6.27. The molecule has 1 atom stereocenters. The summed E-state index contributed by atoms with van der Waals surface area (Å²) in [5.41, 5.74) is -0.425. The Bertz CT molecular complexity index is 986. The zero-order valence-electron chi connectivity index (χ0n) is 15.6. The number of hydrogen-bond acceptors (Lipinski definition) is 2. The molecule has 4 nitrogen and oxygen atoms in total. The minimum Gasteiger partial charge on any atom is -0.352 e. The van der Waals surface area contributed by atoms with Gasteiger partial charge in [-0.25, -0.2) is 4.68 Å². The molecule has 0 saturated heterocycles. The highest BCUT2D eigenvalue weighted by Crippen LogP contribution is 2.34. The number of hydrogen-bond donors (Lipinski definition) is 1. The van der Waals surface area contributed by atoms with Gasteiger partial charge in [-0.3, -0.25) is 4.79 Å². The van der Waals surface area contributed by atoms with Gasteiger partial charge in [-0.15, -0.1) is 0 Å². The molecule has 1 heterocycles. The van der Waals surface area contributed by atoms with Gasteiger partial charge >= 0.3 is 6.18 Å². The molecule has 0 bridgehead atoms. The lowest BCUT2D eigenvalue weighted by Gasteiger charge is -2.14. The molecule has 29 heavy (non-hydrogen) atoms. The van der Waals surface area contributed by atoms with E-state index in [0.717, 1.165) is 11.8 Å². The first-order valence-corrected chi connectivity index (χ1v) is 9.39. The number of alkyl halides is 3. The minimum atomic E-state index is -4.76. The lowest BCUT2D eigenvalue weighted by Crippen LogP contribution is -2.28. The molecule has 0 radical (unpaired) electrons. The molecule has 0 saturated carbocycles. The third-order valence-corrected chi connectivity index (χ3v) is 4.80. The Labute approximate surface area is 171 Å². The second-order valence-corrected chi connectivity index (χ2v) is 7.09. The van der Waals surface area contributed by atoms with E-state index in [0.29, 0.717) is 11.1 Å². The average molecular weight is 422 g/mol. The number of benzene rings is 2. The van der Waals surface area contributed by atoms with Crippen LogP contribution >= 0.6 is 11.6 Å². The van der Waals surface area contributed by atoms with Crippen LogP contribution in [0.15, 0.2) is 60.8 Å². The fourth-order valence-corrected chi connectivity index (χ4v) is 3.22. The maximum atomic E-state index is 13.7. The molecule has 2 aromatic carbocycles. The maximum absolute atomic E-state index is 13.7. The maximum Gasteiger partial charge on any atom is 0.434 e. The van der Waals surface area contributed by atoms with E-state index in [9.17, 15) is 18.0 Å². The Balaban J connectivity index is 1.77. The zero-order chi connectivity index (χ0) is 21.0. The van der Waals surface area contributed by atoms with E-state index in [1.807, 2.05) is 37.3 Å². The normalized spacial score (nSPS) is 12.6. The lowest BCUT2D eigenvalue weighted by atomic mass is 9.98. The molecule has 152 valence electrons. The fraction of sp³-hybridized carbons (Fsp3) is 0.238. The van der Waals surface area contributed by atoms with Gasteiger partial charge in [0.05, 0.1) is 17.4 Å². The van der Waals surface area contributed by atoms with Crippen LogP contribution in [0.5, 0.6) is 0 Å². The predicted molar refractivity (Wildman–Crippen MR) is 105 cm³/mol. The monoisotopic (exact) mass is 421 g/mol.